The third-order valence-corrected chi connectivity index (χ3v) is 4.45. The van der Waals surface area contributed by atoms with Crippen molar-refractivity contribution >= 4 is 16.9 Å². The van der Waals surface area contributed by atoms with Crippen molar-refractivity contribution in [2.75, 3.05) is 13.7 Å². The molecule has 0 unspecified atom stereocenters. The summed E-state index contributed by atoms with van der Waals surface area (Å²) >= 11 is 0. The van der Waals surface area contributed by atoms with Crippen molar-refractivity contribution in [1.29, 1.82) is 0 Å². The van der Waals surface area contributed by atoms with Gasteiger partial charge in [0.05, 0.1) is 11.1 Å². The molecular formula is C17H21N3O2. The van der Waals surface area contributed by atoms with Crippen LogP contribution in [-0.2, 0) is 11.3 Å². The van der Waals surface area contributed by atoms with Gasteiger partial charge in [0.1, 0.15) is 0 Å². The number of nitrogens with one attached hydrogen (secondary N) is 2. The zero-order valence-electron chi connectivity index (χ0n) is 12.8. The third kappa shape index (κ3) is 3.04. The fourth-order valence-corrected chi connectivity index (χ4v) is 2.81. The first-order valence-corrected chi connectivity index (χ1v) is 7.62. The minimum atomic E-state index is -0.163. The Balaban J connectivity index is 1.56. The molecule has 2 aromatic rings. The maximum Gasteiger partial charge on any atom is 0.315 e. The van der Waals surface area contributed by atoms with Gasteiger partial charge in [-0.2, -0.15) is 0 Å². The number of benzene rings is 1. The maximum absolute atomic E-state index is 12.0. The van der Waals surface area contributed by atoms with Crippen LogP contribution in [0.3, 0.4) is 0 Å². The molecule has 1 saturated carbocycles. The standard InChI is InChI=1S/C17H21N3O2/c1-22-17(8-4-9-17)12-20-16(21)19-11-13-7-10-18-15-6-3-2-5-14(13)15/h2-3,5-7,10H,4,8-9,11-12H2,1H3,(H2,19,20,21). The van der Waals surface area contributed by atoms with E-state index in [0.29, 0.717) is 13.1 Å². The van der Waals surface area contributed by atoms with E-state index in [2.05, 4.69) is 15.6 Å². The van der Waals surface area contributed by atoms with E-state index in [0.717, 1.165) is 29.3 Å². The molecule has 0 atom stereocenters. The molecule has 2 amide bonds. The molecule has 1 aromatic heterocycles. The second-order valence-electron chi connectivity index (χ2n) is 5.76. The van der Waals surface area contributed by atoms with E-state index in [1.807, 2.05) is 30.3 Å². The van der Waals surface area contributed by atoms with Crippen molar-refractivity contribution in [3.63, 3.8) is 0 Å². The van der Waals surface area contributed by atoms with E-state index < -0.39 is 0 Å². The monoisotopic (exact) mass is 299 g/mol. The van der Waals surface area contributed by atoms with E-state index in [1.165, 1.54) is 6.42 Å². The number of carbonyl (C=O) groups excluding carboxylic acids is 1. The van der Waals surface area contributed by atoms with Crippen molar-refractivity contribution in [3.8, 4) is 0 Å². The first-order valence-electron chi connectivity index (χ1n) is 7.62. The molecule has 1 fully saturated rings. The molecular weight excluding hydrogens is 278 g/mol. The van der Waals surface area contributed by atoms with Crippen molar-refractivity contribution in [1.82, 2.24) is 15.6 Å². The zero-order chi connectivity index (χ0) is 15.4. The van der Waals surface area contributed by atoms with Gasteiger partial charge in [-0.3, -0.25) is 4.98 Å². The van der Waals surface area contributed by atoms with Gasteiger partial charge in [-0.05, 0) is 37.0 Å². The number of para-hydroxylation sites is 1. The minimum absolute atomic E-state index is 0.152. The van der Waals surface area contributed by atoms with E-state index in [4.69, 9.17) is 4.74 Å². The van der Waals surface area contributed by atoms with Crippen molar-refractivity contribution in [3.05, 3.63) is 42.1 Å². The predicted octanol–water partition coefficient (Wildman–Crippen LogP) is 2.60. The molecule has 1 aliphatic carbocycles. The Kier molecular flexibility index (Phi) is 4.24. The number of urea groups is 1. The number of rotatable bonds is 5. The van der Waals surface area contributed by atoms with Gasteiger partial charge in [-0.25, -0.2) is 4.79 Å². The average Bonchev–Trinajstić information content (AvgIpc) is 2.52. The molecule has 1 aromatic carbocycles. The average molecular weight is 299 g/mol. The minimum Gasteiger partial charge on any atom is -0.376 e. The fourth-order valence-electron chi connectivity index (χ4n) is 2.81. The fraction of sp³-hybridized carbons (Fsp3) is 0.412. The Hall–Kier alpha value is -2.14. The Bertz CT molecular complexity index is 657. The normalized spacial score (nSPS) is 16.0. The number of pyridine rings is 1. The highest BCUT2D eigenvalue weighted by Crippen LogP contribution is 2.34. The van der Waals surface area contributed by atoms with Crippen molar-refractivity contribution < 1.29 is 9.53 Å². The Morgan fingerprint density at radius 2 is 2.09 bits per heavy atom. The summed E-state index contributed by atoms with van der Waals surface area (Å²) in [6.07, 6.45) is 4.96. The van der Waals surface area contributed by atoms with Crippen LogP contribution in [0, 0.1) is 0 Å². The molecule has 3 rings (SSSR count). The molecule has 1 heterocycles. The first-order chi connectivity index (χ1) is 10.7. The summed E-state index contributed by atoms with van der Waals surface area (Å²) in [5, 5.41) is 6.87. The number of aromatic nitrogens is 1. The summed E-state index contributed by atoms with van der Waals surface area (Å²) < 4.78 is 5.49. The number of hydrogen-bond acceptors (Lipinski definition) is 3. The molecule has 116 valence electrons. The Morgan fingerprint density at radius 1 is 1.27 bits per heavy atom. The van der Waals surface area contributed by atoms with Gasteiger partial charge in [-0.15, -0.1) is 0 Å². The molecule has 1 aliphatic rings. The summed E-state index contributed by atoms with van der Waals surface area (Å²) in [5.41, 5.74) is 1.85. The maximum atomic E-state index is 12.0. The molecule has 2 N–H and O–H groups in total. The molecule has 0 bridgehead atoms. The van der Waals surface area contributed by atoms with Crippen molar-refractivity contribution in [2.24, 2.45) is 0 Å². The molecule has 0 aliphatic heterocycles. The van der Waals surface area contributed by atoms with Crippen molar-refractivity contribution in [2.45, 2.75) is 31.4 Å². The highest BCUT2D eigenvalue weighted by molar-refractivity contribution is 5.82. The van der Waals surface area contributed by atoms with Gasteiger partial charge < -0.3 is 15.4 Å². The molecule has 0 spiro atoms. The number of fused-ring (bicyclic) bond motifs is 1. The summed E-state index contributed by atoms with van der Waals surface area (Å²) in [6.45, 7) is 1.04. The second kappa shape index (κ2) is 6.32. The number of carbonyl (C=O) groups is 1. The van der Waals surface area contributed by atoms with Crippen LogP contribution in [0.1, 0.15) is 24.8 Å². The third-order valence-electron chi connectivity index (χ3n) is 4.45. The lowest BCUT2D eigenvalue weighted by atomic mass is 9.80. The quantitative estimate of drug-likeness (QED) is 0.892. The van der Waals surface area contributed by atoms with E-state index in [1.54, 1.807) is 13.3 Å². The van der Waals surface area contributed by atoms with Crippen LogP contribution < -0.4 is 10.6 Å². The van der Waals surface area contributed by atoms with Gasteiger partial charge in [-0.1, -0.05) is 18.2 Å². The van der Waals surface area contributed by atoms with E-state index in [-0.39, 0.29) is 11.6 Å². The highest BCUT2D eigenvalue weighted by atomic mass is 16.5. The Morgan fingerprint density at radius 3 is 2.82 bits per heavy atom. The summed E-state index contributed by atoms with van der Waals surface area (Å²) in [4.78, 5) is 16.3. The summed E-state index contributed by atoms with van der Waals surface area (Å²) in [7, 11) is 1.71. The molecule has 0 saturated heterocycles. The van der Waals surface area contributed by atoms with Gasteiger partial charge in [0.25, 0.3) is 0 Å². The van der Waals surface area contributed by atoms with Crippen LogP contribution in [0.5, 0.6) is 0 Å². The highest BCUT2D eigenvalue weighted by Gasteiger charge is 2.37. The number of amides is 2. The number of hydrogen-bond donors (Lipinski definition) is 2. The molecule has 22 heavy (non-hydrogen) atoms. The lowest BCUT2D eigenvalue weighted by molar-refractivity contribution is -0.0673. The van der Waals surface area contributed by atoms with Crippen LogP contribution in [0.4, 0.5) is 4.79 Å². The predicted molar refractivity (Wildman–Crippen MR) is 85.6 cm³/mol. The van der Waals surface area contributed by atoms with Gasteiger partial charge >= 0.3 is 6.03 Å². The lowest BCUT2D eigenvalue weighted by Gasteiger charge is -2.40. The van der Waals surface area contributed by atoms with Gasteiger partial charge in [0, 0.05) is 31.8 Å². The number of ether oxygens (including phenoxy) is 1. The number of nitrogens with zero attached hydrogens (tertiary/aromatic N) is 1. The van der Waals surface area contributed by atoms with Crippen LogP contribution >= 0.6 is 0 Å². The largest absolute Gasteiger partial charge is 0.376 e. The number of methoxy groups -OCH3 is 1. The smallest absolute Gasteiger partial charge is 0.315 e. The van der Waals surface area contributed by atoms with Gasteiger partial charge in [0.15, 0.2) is 0 Å². The lowest BCUT2D eigenvalue weighted by Crippen LogP contribution is -2.51. The first kappa shape index (κ1) is 14.8. The molecule has 0 radical (unpaired) electrons. The summed E-state index contributed by atoms with van der Waals surface area (Å²) in [5.74, 6) is 0. The zero-order valence-corrected chi connectivity index (χ0v) is 12.8. The van der Waals surface area contributed by atoms with E-state index in [9.17, 15) is 4.79 Å². The topological polar surface area (TPSA) is 63.2 Å². The van der Waals surface area contributed by atoms with Crippen LogP contribution in [-0.4, -0.2) is 30.3 Å². The summed E-state index contributed by atoms with van der Waals surface area (Å²) in [6, 6.07) is 9.70. The Labute approximate surface area is 130 Å². The molecule has 5 heteroatoms. The second-order valence-corrected chi connectivity index (χ2v) is 5.76. The van der Waals surface area contributed by atoms with Crippen LogP contribution in [0.2, 0.25) is 0 Å². The van der Waals surface area contributed by atoms with E-state index >= 15 is 0 Å². The van der Waals surface area contributed by atoms with Gasteiger partial charge in [0.2, 0.25) is 0 Å². The van der Waals surface area contributed by atoms with Crippen LogP contribution in [0.25, 0.3) is 10.9 Å². The van der Waals surface area contributed by atoms with Crippen LogP contribution in [0.15, 0.2) is 36.5 Å². The molecule has 5 nitrogen and oxygen atoms in total. The SMILES string of the molecule is COC1(CNC(=O)NCc2ccnc3ccccc23)CCC1.